The second-order valence-corrected chi connectivity index (χ2v) is 4.37. The Kier molecular flexibility index (Phi) is 5.58. The third-order valence-electron chi connectivity index (χ3n) is 2.72. The predicted octanol–water partition coefficient (Wildman–Crippen LogP) is 0.780. The molecule has 9 nitrogen and oxygen atoms in total. The monoisotopic (exact) mass is 296 g/mol. The fraction of sp³-hybridized carbons (Fsp3) is 0.417. The number of primary amides is 1. The highest BCUT2D eigenvalue weighted by Gasteiger charge is 2.22. The van der Waals surface area contributed by atoms with Gasteiger partial charge in [0, 0.05) is 12.6 Å². The summed E-state index contributed by atoms with van der Waals surface area (Å²) in [5.41, 5.74) is 4.39. The van der Waals surface area contributed by atoms with Crippen LogP contribution in [0.5, 0.6) is 0 Å². The topological polar surface area (TPSA) is 140 Å². The molecule has 21 heavy (non-hydrogen) atoms. The fourth-order valence-electron chi connectivity index (χ4n) is 1.75. The van der Waals surface area contributed by atoms with Crippen LogP contribution in [-0.4, -0.2) is 40.0 Å². The highest BCUT2D eigenvalue weighted by Crippen LogP contribution is 2.23. The molecule has 1 aromatic heterocycles. The van der Waals surface area contributed by atoms with E-state index in [-0.39, 0.29) is 17.9 Å². The molecule has 0 aliphatic rings. The van der Waals surface area contributed by atoms with Gasteiger partial charge in [0.15, 0.2) is 0 Å². The van der Waals surface area contributed by atoms with Gasteiger partial charge in [-0.15, -0.1) is 0 Å². The number of pyridine rings is 1. The number of carboxylic acid groups (broad SMARTS) is 1. The summed E-state index contributed by atoms with van der Waals surface area (Å²) in [6.45, 7) is 2.11. The van der Waals surface area contributed by atoms with Crippen molar-refractivity contribution >= 4 is 23.4 Å². The minimum absolute atomic E-state index is 0.000324. The zero-order valence-electron chi connectivity index (χ0n) is 11.5. The summed E-state index contributed by atoms with van der Waals surface area (Å²) in [6, 6.07) is 0.921. The van der Waals surface area contributed by atoms with Crippen molar-refractivity contribution in [3.63, 3.8) is 0 Å². The van der Waals surface area contributed by atoms with E-state index in [0.29, 0.717) is 13.0 Å². The number of unbranched alkanes of at least 4 members (excludes halogenated alkanes) is 1. The van der Waals surface area contributed by atoms with Gasteiger partial charge in [-0.25, -0.2) is 9.78 Å². The highest BCUT2D eigenvalue weighted by molar-refractivity contribution is 5.94. The van der Waals surface area contributed by atoms with Crippen molar-refractivity contribution in [1.29, 1.82) is 0 Å². The molecule has 0 saturated carbocycles. The molecule has 0 aromatic carbocycles. The normalized spacial score (nSPS) is 10.1. The lowest BCUT2D eigenvalue weighted by Gasteiger charge is -2.23. The van der Waals surface area contributed by atoms with Crippen LogP contribution in [0.1, 0.15) is 30.1 Å². The van der Waals surface area contributed by atoms with Crippen molar-refractivity contribution in [1.82, 2.24) is 4.98 Å². The van der Waals surface area contributed by atoms with Crippen LogP contribution in [-0.2, 0) is 4.79 Å². The molecular weight excluding hydrogens is 280 g/mol. The minimum atomic E-state index is -1.35. The van der Waals surface area contributed by atoms with Crippen molar-refractivity contribution in [2.45, 2.75) is 19.8 Å². The Morgan fingerprint density at radius 2 is 2.19 bits per heavy atom. The first-order valence-corrected chi connectivity index (χ1v) is 6.27. The van der Waals surface area contributed by atoms with E-state index in [1.807, 2.05) is 6.92 Å². The zero-order chi connectivity index (χ0) is 16.0. The fourth-order valence-corrected chi connectivity index (χ4v) is 1.75. The molecule has 114 valence electrons. The Morgan fingerprint density at radius 1 is 1.52 bits per heavy atom. The maximum absolute atomic E-state index is 11.3. The number of nitrogens with zero attached hydrogens (tertiary/aromatic N) is 3. The Bertz CT molecular complexity index is 561. The summed E-state index contributed by atoms with van der Waals surface area (Å²) in [4.78, 5) is 37.6. The van der Waals surface area contributed by atoms with Gasteiger partial charge >= 0.3 is 5.97 Å². The summed E-state index contributed by atoms with van der Waals surface area (Å²) in [6.07, 6.45) is 2.48. The van der Waals surface area contributed by atoms with Crippen molar-refractivity contribution in [2.75, 3.05) is 18.0 Å². The van der Waals surface area contributed by atoms with Crippen LogP contribution >= 0.6 is 0 Å². The second kappa shape index (κ2) is 7.17. The summed E-state index contributed by atoms with van der Waals surface area (Å²) < 4.78 is 0. The molecule has 0 radical (unpaired) electrons. The van der Waals surface area contributed by atoms with Gasteiger partial charge in [0.2, 0.25) is 5.91 Å². The molecule has 0 saturated heterocycles. The molecule has 1 heterocycles. The van der Waals surface area contributed by atoms with Crippen LogP contribution in [0, 0.1) is 10.1 Å². The molecule has 0 bridgehead atoms. The summed E-state index contributed by atoms with van der Waals surface area (Å²) >= 11 is 0. The minimum Gasteiger partial charge on any atom is -0.478 e. The number of anilines is 1. The van der Waals surface area contributed by atoms with E-state index in [1.165, 1.54) is 4.90 Å². The number of aromatic carboxylic acids is 1. The van der Waals surface area contributed by atoms with E-state index in [0.717, 1.165) is 18.7 Å². The number of rotatable bonds is 8. The quantitative estimate of drug-likeness (QED) is 0.533. The smallest absolute Gasteiger partial charge is 0.339 e. The van der Waals surface area contributed by atoms with Crippen LogP contribution < -0.4 is 10.6 Å². The second-order valence-electron chi connectivity index (χ2n) is 4.37. The molecule has 0 atom stereocenters. The molecule has 0 unspecified atom stereocenters. The van der Waals surface area contributed by atoms with Gasteiger partial charge in [-0.3, -0.25) is 14.9 Å². The molecule has 1 amide bonds. The van der Waals surface area contributed by atoms with E-state index in [1.54, 1.807) is 0 Å². The first-order chi connectivity index (χ1) is 9.86. The van der Waals surface area contributed by atoms with E-state index in [9.17, 15) is 24.8 Å². The number of carbonyl (C=O) groups is 2. The van der Waals surface area contributed by atoms with E-state index >= 15 is 0 Å². The molecular formula is C12H16N4O5. The van der Waals surface area contributed by atoms with Gasteiger partial charge in [0.25, 0.3) is 5.69 Å². The lowest BCUT2D eigenvalue weighted by molar-refractivity contribution is -0.385. The van der Waals surface area contributed by atoms with E-state index in [2.05, 4.69) is 4.98 Å². The van der Waals surface area contributed by atoms with E-state index in [4.69, 9.17) is 5.73 Å². The van der Waals surface area contributed by atoms with Crippen molar-refractivity contribution in [3.05, 3.63) is 27.9 Å². The third kappa shape index (κ3) is 4.41. The first kappa shape index (κ1) is 16.3. The standard InChI is InChI=1S/C12H16N4O5/c1-2-3-4-15(7-10(13)17)11-9(12(18)19)5-8(6-14-11)16(20)21/h5-6H,2-4,7H2,1H3,(H2,13,17)(H,18,19). The first-order valence-electron chi connectivity index (χ1n) is 6.27. The molecule has 0 aliphatic carbocycles. The Morgan fingerprint density at radius 3 is 2.67 bits per heavy atom. The number of hydrogen-bond donors (Lipinski definition) is 2. The van der Waals surface area contributed by atoms with Crippen molar-refractivity contribution in [3.8, 4) is 0 Å². The molecule has 0 fully saturated rings. The van der Waals surface area contributed by atoms with Crippen LogP contribution in [0.15, 0.2) is 12.3 Å². The number of amides is 1. The number of carbonyl (C=O) groups excluding carboxylic acids is 1. The molecule has 0 spiro atoms. The average Bonchev–Trinajstić information content (AvgIpc) is 2.42. The van der Waals surface area contributed by atoms with Gasteiger partial charge in [-0.1, -0.05) is 13.3 Å². The molecule has 9 heteroatoms. The molecule has 1 rings (SSSR count). The Balaban J connectivity index is 3.24. The number of hydrogen-bond acceptors (Lipinski definition) is 6. The summed E-state index contributed by atoms with van der Waals surface area (Å²) in [5, 5.41) is 19.9. The van der Waals surface area contributed by atoms with Crippen molar-refractivity contribution < 1.29 is 19.6 Å². The molecule has 1 aromatic rings. The number of nitro groups is 1. The number of nitrogens with two attached hydrogens (primary N) is 1. The van der Waals surface area contributed by atoms with Crippen LogP contribution in [0.2, 0.25) is 0 Å². The van der Waals surface area contributed by atoms with E-state index < -0.39 is 22.5 Å². The lowest BCUT2D eigenvalue weighted by Crippen LogP contribution is -2.36. The SMILES string of the molecule is CCCCN(CC(N)=O)c1ncc([N+](=O)[O-])cc1C(=O)O. The summed E-state index contributed by atoms with van der Waals surface area (Å²) in [7, 11) is 0. The molecule has 0 aliphatic heterocycles. The Hall–Kier alpha value is -2.71. The van der Waals surface area contributed by atoms with Gasteiger partial charge in [0.1, 0.15) is 17.6 Å². The van der Waals surface area contributed by atoms with Gasteiger partial charge in [-0.2, -0.15) is 0 Å². The highest BCUT2D eigenvalue weighted by atomic mass is 16.6. The van der Waals surface area contributed by atoms with Gasteiger partial charge in [0.05, 0.1) is 11.5 Å². The van der Waals surface area contributed by atoms with Crippen molar-refractivity contribution in [2.24, 2.45) is 5.73 Å². The zero-order valence-corrected chi connectivity index (χ0v) is 11.5. The maximum Gasteiger partial charge on any atom is 0.339 e. The summed E-state index contributed by atoms with van der Waals surface area (Å²) in [5.74, 6) is -1.99. The van der Waals surface area contributed by atoms with Gasteiger partial charge in [-0.05, 0) is 6.42 Å². The van der Waals surface area contributed by atoms with Crippen LogP contribution in [0.25, 0.3) is 0 Å². The molecule has 3 N–H and O–H groups in total. The number of carboxylic acids is 1. The predicted molar refractivity (Wildman–Crippen MR) is 74.2 cm³/mol. The van der Waals surface area contributed by atoms with Crippen LogP contribution in [0.4, 0.5) is 11.5 Å². The largest absolute Gasteiger partial charge is 0.478 e. The maximum atomic E-state index is 11.3. The number of aromatic nitrogens is 1. The average molecular weight is 296 g/mol. The van der Waals surface area contributed by atoms with Crippen LogP contribution in [0.3, 0.4) is 0 Å². The van der Waals surface area contributed by atoms with Gasteiger partial charge < -0.3 is 15.7 Å². The third-order valence-corrected chi connectivity index (χ3v) is 2.72. The Labute approximate surface area is 120 Å². The lowest BCUT2D eigenvalue weighted by atomic mass is 10.2.